The zero-order chi connectivity index (χ0) is 34.2. The minimum absolute atomic E-state index is 0.708. The minimum atomic E-state index is 0.708. The number of fused-ring (bicyclic) bond motifs is 9. The van der Waals surface area contributed by atoms with Crippen molar-refractivity contribution >= 4 is 60.9 Å². The van der Waals surface area contributed by atoms with Crippen molar-refractivity contribution in [2.24, 2.45) is 0 Å². The number of benzene rings is 6. The van der Waals surface area contributed by atoms with E-state index in [0.29, 0.717) is 5.58 Å². The summed E-state index contributed by atoms with van der Waals surface area (Å²) >= 11 is 0. The molecule has 5 nitrogen and oxygen atoms in total. The molecule has 1 aliphatic carbocycles. The van der Waals surface area contributed by atoms with Gasteiger partial charge in [0.1, 0.15) is 23.1 Å². The highest BCUT2D eigenvalue weighted by Gasteiger charge is 2.19. The Hall–Kier alpha value is -6.98. The largest absolute Gasteiger partial charge is 0.452 e. The fourth-order valence-corrected chi connectivity index (χ4v) is 8.14. The van der Waals surface area contributed by atoms with Gasteiger partial charge in [0.15, 0.2) is 5.58 Å². The number of nitrogens with zero attached hydrogens (tertiary/aromatic N) is 4. The molecule has 5 heteroatoms. The first-order valence-corrected chi connectivity index (χ1v) is 17.6. The molecule has 1 aliphatic rings. The predicted octanol–water partition coefficient (Wildman–Crippen LogP) is 11.9. The molecule has 0 radical (unpaired) electrons. The summed E-state index contributed by atoms with van der Waals surface area (Å²) in [6.45, 7) is 0. The maximum Gasteiger partial charge on any atom is 0.180 e. The van der Waals surface area contributed by atoms with E-state index in [2.05, 4.69) is 159 Å². The number of hydrogen-bond acceptors (Lipinski definition) is 3. The molecular formula is C47H30N4O. The van der Waals surface area contributed by atoms with E-state index in [0.717, 1.165) is 39.9 Å². The minimum Gasteiger partial charge on any atom is -0.452 e. The van der Waals surface area contributed by atoms with E-state index in [-0.39, 0.29) is 0 Å². The quantitative estimate of drug-likeness (QED) is 0.188. The van der Waals surface area contributed by atoms with E-state index in [9.17, 15) is 0 Å². The second kappa shape index (κ2) is 11.3. The molecule has 4 heterocycles. The Morgan fingerprint density at radius 3 is 2.04 bits per heavy atom. The lowest BCUT2D eigenvalue weighted by Crippen LogP contribution is -1.97. The molecule has 10 aromatic rings. The molecule has 0 saturated heterocycles. The molecule has 0 aliphatic heterocycles. The molecule has 0 bridgehead atoms. The number of aromatic nitrogens is 4. The Kier molecular flexibility index (Phi) is 6.25. The van der Waals surface area contributed by atoms with Crippen molar-refractivity contribution in [3.05, 3.63) is 175 Å². The van der Waals surface area contributed by atoms with Gasteiger partial charge in [0.05, 0.1) is 22.2 Å². The summed E-state index contributed by atoms with van der Waals surface area (Å²) in [5, 5.41) is 4.74. The topological polar surface area (TPSA) is 48.8 Å². The third kappa shape index (κ3) is 4.29. The third-order valence-electron chi connectivity index (χ3n) is 10.5. The second-order valence-corrected chi connectivity index (χ2v) is 13.4. The summed E-state index contributed by atoms with van der Waals surface area (Å²) in [6, 6.07) is 49.8. The van der Waals surface area contributed by atoms with Crippen LogP contribution >= 0.6 is 0 Å². The lowest BCUT2D eigenvalue weighted by molar-refractivity contribution is 0.667. The van der Waals surface area contributed by atoms with E-state index in [1.54, 1.807) is 6.33 Å². The fourth-order valence-electron chi connectivity index (χ4n) is 8.14. The van der Waals surface area contributed by atoms with E-state index in [4.69, 9.17) is 4.42 Å². The van der Waals surface area contributed by atoms with Gasteiger partial charge in [0, 0.05) is 38.5 Å². The molecule has 0 N–H and O–H groups in total. The maximum atomic E-state index is 6.24. The highest BCUT2D eigenvalue weighted by molar-refractivity contribution is 6.11. The molecule has 0 spiro atoms. The van der Waals surface area contributed by atoms with E-state index in [1.165, 1.54) is 60.8 Å². The maximum absolute atomic E-state index is 6.24. The van der Waals surface area contributed by atoms with Crippen LogP contribution in [0.4, 0.5) is 0 Å². The van der Waals surface area contributed by atoms with Crippen molar-refractivity contribution in [1.82, 2.24) is 19.1 Å². The van der Waals surface area contributed by atoms with Gasteiger partial charge in [-0.05, 0) is 95.9 Å². The average Bonchev–Trinajstić information content (AvgIpc) is 3.78. The zero-order valence-electron chi connectivity index (χ0n) is 28.1. The molecule has 0 atom stereocenters. The van der Waals surface area contributed by atoms with Crippen LogP contribution in [0.1, 0.15) is 11.3 Å². The van der Waals surface area contributed by atoms with Gasteiger partial charge in [-0.15, -0.1) is 0 Å². The van der Waals surface area contributed by atoms with Gasteiger partial charge in [-0.1, -0.05) is 91.0 Å². The first-order chi connectivity index (χ1) is 25.8. The second-order valence-electron chi connectivity index (χ2n) is 13.4. The van der Waals surface area contributed by atoms with E-state index >= 15 is 0 Å². The summed E-state index contributed by atoms with van der Waals surface area (Å²) in [5.41, 5.74) is 15.0. The lowest BCUT2D eigenvalue weighted by atomic mass is 9.99. The van der Waals surface area contributed by atoms with Gasteiger partial charge >= 0.3 is 0 Å². The van der Waals surface area contributed by atoms with Crippen LogP contribution in [0.25, 0.3) is 94.6 Å². The molecule has 0 amide bonds. The summed E-state index contributed by atoms with van der Waals surface area (Å²) in [4.78, 5) is 9.19. The summed E-state index contributed by atoms with van der Waals surface area (Å²) in [6.07, 6.45) is 11.3. The predicted molar refractivity (Wildman–Crippen MR) is 213 cm³/mol. The normalized spacial score (nSPS) is 12.8. The summed E-state index contributed by atoms with van der Waals surface area (Å²) in [7, 11) is 0. The number of hydrogen-bond donors (Lipinski definition) is 0. The smallest absolute Gasteiger partial charge is 0.180 e. The van der Waals surface area contributed by atoms with Crippen molar-refractivity contribution < 1.29 is 4.42 Å². The van der Waals surface area contributed by atoms with Crippen LogP contribution in [0.3, 0.4) is 0 Å². The average molecular weight is 667 g/mol. The summed E-state index contributed by atoms with van der Waals surface area (Å²) in [5.74, 6) is 0. The molecule has 244 valence electrons. The third-order valence-corrected chi connectivity index (χ3v) is 10.5. The summed E-state index contributed by atoms with van der Waals surface area (Å²) < 4.78 is 11.0. The van der Waals surface area contributed by atoms with Crippen LogP contribution in [-0.4, -0.2) is 19.1 Å². The van der Waals surface area contributed by atoms with Gasteiger partial charge < -0.3 is 13.6 Å². The van der Waals surface area contributed by atoms with E-state index < -0.39 is 0 Å². The van der Waals surface area contributed by atoms with Gasteiger partial charge in [-0.25, -0.2) is 9.97 Å². The molecule has 0 unspecified atom stereocenters. The van der Waals surface area contributed by atoms with Crippen LogP contribution < -0.4 is 0 Å². The Morgan fingerprint density at radius 2 is 1.19 bits per heavy atom. The molecule has 0 saturated carbocycles. The number of para-hydroxylation sites is 3. The van der Waals surface area contributed by atoms with Crippen molar-refractivity contribution in [2.75, 3.05) is 0 Å². The SMILES string of the molecule is C1=CCc2c(n(-c3ccccc3)c3ccc(-c4ccc5c(c4)c4ccccc4n5-c4ccc(-c5ncnc6c5oc5ccccc56)cc4)cc23)C=C1. The van der Waals surface area contributed by atoms with Crippen LogP contribution in [0, 0.1) is 0 Å². The van der Waals surface area contributed by atoms with Gasteiger partial charge in [-0.2, -0.15) is 0 Å². The van der Waals surface area contributed by atoms with Crippen LogP contribution in [0.5, 0.6) is 0 Å². The zero-order valence-corrected chi connectivity index (χ0v) is 28.1. The highest BCUT2D eigenvalue weighted by Crippen LogP contribution is 2.39. The number of rotatable bonds is 4. The molecule has 52 heavy (non-hydrogen) atoms. The Labute approximate surface area is 299 Å². The van der Waals surface area contributed by atoms with Crippen molar-refractivity contribution in [3.63, 3.8) is 0 Å². The first kappa shape index (κ1) is 28.8. The standard InChI is InChI=1S/C47H30N4O/c1-3-11-33(12-4-1)50-40-16-6-2-5-13-35(40)38-27-31(21-25-42(38)50)32-22-26-43-39(28-32)36-14-7-9-17-41(36)51(43)34-23-19-30(20-24-34)45-47-46(49-29-48-45)37-15-8-10-18-44(37)52-47/h1-12,14-29H,13H2. The Bertz CT molecular complexity index is 3080. The molecule has 11 rings (SSSR count). The van der Waals surface area contributed by atoms with Crippen molar-refractivity contribution in [2.45, 2.75) is 6.42 Å². The van der Waals surface area contributed by atoms with Crippen molar-refractivity contribution in [1.29, 1.82) is 0 Å². The van der Waals surface area contributed by atoms with Gasteiger partial charge in [-0.3, -0.25) is 0 Å². The number of furan rings is 1. The molecule has 0 fully saturated rings. The molecule has 6 aromatic carbocycles. The number of allylic oxidation sites excluding steroid dienone is 3. The lowest BCUT2D eigenvalue weighted by Gasteiger charge is -2.10. The first-order valence-electron chi connectivity index (χ1n) is 17.6. The molecular weight excluding hydrogens is 637 g/mol. The van der Waals surface area contributed by atoms with E-state index in [1.807, 2.05) is 24.3 Å². The molecule has 4 aromatic heterocycles. The fraction of sp³-hybridized carbons (Fsp3) is 0.0213. The van der Waals surface area contributed by atoms with Crippen molar-refractivity contribution in [3.8, 4) is 33.8 Å². The Balaban J connectivity index is 1.03. The van der Waals surface area contributed by atoms with Crippen LogP contribution in [0.2, 0.25) is 0 Å². The van der Waals surface area contributed by atoms with Gasteiger partial charge in [0.25, 0.3) is 0 Å². The monoisotopic (exact) mass is 666 g/mol. The Morgan fingerprint density at radius 1 is 0.519 bits per heavy atom. The highest BCUT2D eigenvalue weighted by atomic mass is 16.3. The van der Waals surface area contributed by atoms with Crippen LogP contribution in [-0.2, 0) is 6.42 Å². The van der Waals surface area contributed by atoms with Gasteiger partial charge in [0.2, 0.25) is 0 Å². The van der Waals surface area contributed by atoms with Crippen LogP contribution in [0.15, 0.2) is 168 Å².